The topological polar surface area (TPSA) is 81.1 Å². The molecule has 1 aliphatic heterocycles. The molecule has 2 N–H and O–H groups in total. The molecule has 3 rings (SSSR count). The smallest absolute Gasteiger partial charge is 0.266 e. The highest BCUT2D eigenvalue weighted by atomic mass is 32.2. The van der Waals surface area contributed by atoms with E-state index in [-0.39, 0.29) is 37.1 Å². The zero-order chi connectivity index (χ0) is 22.5. The molecule has 1 atom stereocenters. The van der Waals surface area contributed by atoms with E-state index in [4.69, 9.17) is 12.2 Å². The lowest BCUT2D eigenvalue weighted by molar-refractivity contribution is -0.131. The third-order valence-corrected chi connectivity index (χ3v) is 6.14. The van der Waals surface area contributed by atoms with Crippen molar-refractivity contribution in [3.63, 3.8) is 0 Å². The number of nitrogens with zero attached hydrogens (tertiary/aromatic N) is 2. The first-order valence-corrected chi connectivity index (χ1v) is 10.7. The summed E-state index contributed by atoms with van der Waals surface area (Å²) in [7, 11) is 1.56. The van der Waals surface area contributed by atoms with Crippen LogP contribution in [-0.4, -0.2) is 56.3 Å². The number of phenols is 1. The molecule has 0 aromatic heterocycles. The number of phenolic OH excluding ortho intramolecular Hbond substituents is 1. The zero-order valence-corrected chi connectivity index (χ0v) is 18.3. The molecule has 2 aromatic carbocycles. The second-order valence-corrected chi connectivity index (χ2v) is 8.66. The lowest BCUT2D eigenvalue weighted by atomic mass is 10.1. The fourth-order valence-corrected chi connectivity index (χ4v) is 4.29. The van der Waals surface area contributed by atoms with E-state index in [1.54, 1.807) is 37.4 Å². The first-order valence-electron chi connectivity index (χ1n) is 9.47. The fourth-order valence-electron chi connectivity index (χ4n) is 2.99. The average Bonchev–Trinajstić information content (AvgIpc) is 3.00. The summed E-state index contributed by atoms with van der Waals surface area (Å²) in [4.78, 5) is 28.1. The molecular weight excluding hydrogens is 439 g/mol. The minimum atomic E-state index is -0.907. The summed E-state index contributed by atoms with van der Waals surface area (Å²) in [6, 6.07) is 12.2. The van der Waals surface area contributed by atoms with E-state index in [1.165, 1.54) is 34.1 Å². The van der Waals surface area contributed by atoms with Gasteiger partial charge in [0.05, 0.1) is 17.6 Å². The number of thioether (sulfide) groups is 1. The van der Waals surface area contributed by atoms with Crippen LogP contribution in [0.3, 0.4) is 0 Å². The Morgan fingerprint density at radius 3 is 2.61 bits per heavy atom. The number of halogens is 1. The number of likely N-dealkylation sites (N-methyl/N-ethyl adjacent to an activating group) is 1. The van der Waals surface area contributed by atoms with E-state index in [1.807, 2.05) is 0 Å². The number of carbonyl (C=O) groups is 2. The van der Waals surface area contributed by atoms with Gasteiger partial charge in [-0.3, -0.25) is 14.5 Å². The molecule has 9 heteroatoms. The highest BCUT2D eigenvalue weighted by Gasteiger charge is 2.32. The number of rotatable bonds is 7. The maximum Gasteiger partial charge on any atom is 0.266 e. The van der Waals surface area contributed by atoms with Crippen LogP contribution in [0.4, 0.5) is 4.39 Å². The molecule has 2 aromatic rings. The molecule has 1 saturated heterocycles. The van der Waals surface area contributed by atoms with Gasteiger partial charge in [-0.25, -0.2) is 4.39 Å². The van der Waals surface area contributed by atoms with Crippen LogP contribution in [0.15, 0.2) is 53.4 Å². The molecule has 0 bridgehead atoms. The average molecular weight is 461 g/mol. The zero-order valence-electron chi connectivity index (χ0n) is 16.7. The van der Waals surface area contributed by atoms with Crippen molar-refractivity contribution in [1.29, 1.82) is 0 Å². The Balaban J connectivity index is 1.57. The van der Waals surface area contributed by atoms with Gasteiger partial charge in [-0.2, -0.15) is 0 Å². The van der Waals surface area contributed by atoms with Gasteiger partial charge < -0.3 is 15.1 Å². The third-order valence-electron chi connectivity index (χ3n) is 4.77. The number of aromatic hydroxyl groups is 1. The maximum absolute atomic E-state index is 13.9. The van der Waals surface area contributed by atoms with Crippen molar-refractivity contribution >= 4 is 46.2 Å². The van der Waals surface area contributed by atoms with Gasteiger partial charge in [0.25, 0.3) is 5.91 Å². The number of aliphatic hydroxyl groups is 1. The third kappa shape index (κ3) is 5.69. The van der Waals surface area contributed by atoms with Gasteiger partial charge in [-0.15, -0.1) is 0 Å². The van der Waals surface area contributed by atoms with E-state index in [0.29, 0.717) is 20.4 Å². The lowest BCUT2D eigenvalue weighted by Gasteiger charge is -2.22. The van der Waals surface area contributed by atoms with Crippen LogP contribution in [0, 0.1) is 5.82 Å². The molecule has 6 nitrogen and oxygen atoms in total. The van der Waals surface area contributed by atoms with Crippen molar-refractivity contribution in [2.24, 2.45) is 0 Å². The van der Waals surface area contributed by atoms with Crippen molar-refractivity contribution in [2.45, 2.75) is 12.5 Å². The van der Waals surface area contributed by atoms with Crippen molar-refractivity contribution in [2.75, 3.05) is 20.1 Å². The SMILES string of the molecule is CN(C[C@H](O)c1ccc(O)cc1)C(=O)CCN1C(=O)/C(=C/c2ccccc2F)SC1=S. The first-order chi connectivity index (χ1) is 14.8. The number of thiocarbonyl (C=S) groups is 1. The van der Waals surface area contributed by atoms with Crippen molar-refractivity contribution in [1.82, 2.24) is 9.80 Å². The molecule has 1 heterocycles. The highest BCUT2D eigenvalue weighted by Crippen LogP contribution is 2.33. The van der Waals surface area contributed by atoms with Gasteiger partial charge >= 0.3 is 0 Å². The number of aliphatic hydroxyl groups excluding tert-OH is 1. The largest absolute Gasteiger partial charge is 0.508 e. The van der Waals surface area contributed by atoms with Crippen LogP contribution in [-0.2, 0) is 9.59 Å². The molecule has 1 fully saturated rings. The van der Waals surface area contributed by atoms with Gasteiger partial charge in [0, 0.05) is 25.6 Å². The Morgan fingerprint density at radius 2 is 1.94 bits per heavy atom. The van der Waals surface area contributed by atoms with Crippen LogP contribution in [0.5, 0.6) is 5.75 Å². The van der Waals surface area contributed by atoms with E-state index in [0.717, 1.165) is 11.8 Å². The Bertz CT molecular complexity index is 1030. The molecule has 0 saturated carbocycles. The van der Waals surface area contributed by atoms with Gasteiger partial charge in [-0.1, -0.05) is 54.3 Å². The van der Waals surface area contributed by atoms with Crippen LogP contribution in [0.25, 0.3) is 6.08 Å². The van der Waals surface area contributed by atoms with Crippen molar-refractivity contribution in [3.8, 4) is 5.75 Å². The number of amides is 2. The highest BCUT2D eigenvalue weighted by molar-refractivity contribution is 8.26. The minimum absolute atomic E-state index is 0.0260. The Labute approximate surface area is 189 Å². The second-order valence-electron chi connectivity index (χ2n) is 6.99. The first kappa shape index (κ1) is 22.9. The van der Waals surface area contributed by atoms with Crippen molar-refractivity contribution < 1.29 is 24.2 Å². The number of benzene rings is 2. The summed E-state index contributed by atoms with van der Waals surface area (Å²) in [5, 5.41) is 19.6. The van der Waals surface area contributed by atoms with E-state index in [9.17, 15) is 24.2 Å². The maximum atomic E-state index is 13.9. The van der Waals surface area contributed by atoms with Crippen LogP contribution in [0.1, 0.15) is 23.7 Å². The van der Waals surface area contributed by atoms with Crippen LogP contribution >= 0.6 is 24.0 Å². The minimum Gasteiger partial charge on any atom is -0.508 e. The summed E-state index contributed by atoms with van der Waals surface area (Å²) >= 11 is 6.33. The van der Waals surface area contributed by atoms with E-state index < -0.39 is 11.9 Å². The molecule has 1 aliphatic rings. The molecule has 162 valence electrons. The molecule has 31 heavy (non-hydrogen) atoms. The van der Waals surface area contributed by atoms with Crippen LogP contribution in [0.2, 0.25) is 0 Å². The molecule has 0 aliphatic carbocycles. The summed E-state index contributed by atoms with van der Waals surface area (Å²) < 4.78 is 14.2. The fraction of sp³-hybridized carbons (Fsp3) is 0.227. The quantitative estimate of drug-likeness (QED) is 0.487. The summed E-state index contributed by atoms with van der Waals surface area (Å²) in [6.07, 6.45) is 0.573. The van der Waals surface area contributed by atoms with Gasteiger partial charge in [0.15, 0.2) is 0 Å². The number of carbonyl (C=O) groups excluding carboxylic acids is 2. The molecule has 0 radical (unpaired) electrons. The van der Waals surface area contributed by atoms with E-state index in [2.05, 4.69) is 0 Å². The van der Waals surface area contributed by atoms with E-state index >= 15 is 0 Å². The number of hydrogen-bond acceptors (Lipinski definition) is 6. The standard InChI is InChI=1S/C22H21FN2O4S2/c1-24(13-18(27)14-6-8-16(26)9-7-14)20(28)10-11-25-21(29)19(31-22(25)30)12-15-4-2-3-5-17(15)23/h2-9,12,18,26-27H,10-11,13H2,1H3/b19-12-/t18-/m0/s1. The van der Waals surface area contributed by atoms with Crippen molar-refractivity contribution in [3.05, 3.63) is 70.4 Å². The number of hydrogen-bond donors (Lipinski definition) is 2. The molecular formula is C22H21FN2O4S2. The van der Waals surface area contributed by atoms with Gasteiger partial charge in [0.1, 0.15) is 15.9 Å². The summed E-state index contributed by atoms with van der Waals surface area (Å²) in [5.74, 6) is -0.965. The molecule has 2 amide bonds. The predicted octanol–water partition coefficient (Wildman–Crippen LogP) is 3.31. The molecule has 0 unspecified atom stereocenters. The monoisotopic (exact) mass is 460 g/mol. The van der Waals surface area contributed by atoms with Gasteiger partial charge in [-0.05, 0) is 29.8 Å². The Morgan fingerprint density at radius 1 is 1.26 bits per heavy atom. The Hall–Kier alpha value is -2.75. The van der Waals surface area contributed by atoms with Gasteiger partial charge in [0.2, 0.25) is 5.91 Å². The Kier molecular flexibility index (Phi) is 7.42. The summed E-state index contributed by atoms with van der Waals surface area (Å²) in [6.45, 7) is 0.160. The molecule has 0 spiro atoms. The predicted molar refractivity (Wildman–Crippen MR) is 122 cm³/mol. The lowest BCUT2D eigenvalue weighted by Crippen LogP contribution is -2.36. The normalized spacial score (nSPS) is 16.1. The summed E-state index contributed by atoms with van der Waals surface area (Å²) in [5.41, 5.74) is 0.870. The second kappa shape index (κ2) is 10.0. The van der Waals surface area contributed by atoms with Crippen LogP contribution < -0.4 is 0 Å².